The normalized spacial score (nSPS) is 22.6. The number of imide groups is 1. The first kappa shape index (κ1) is 22.7. The Labute approximate surface area is 211 Å². The molecule has 3 heterocycles. The van der Waals surface area contributed by atoms with E-state index < -0.39 is 29.7 Å². The Kier molecular flexibility index (Phi) is 5.56. The lowest BCUT2D eigenvalue weighted by atomic mass is 9.98. The first-order chi connectivity index (χ1) is 18.0. The summed E-state index contributed by atoms with van der Waals surface area (Å²) < 4.78 is 13.8. The van der Waals surface area contributed by atoms with Crippen LogP contribution in [0.2, 0.25) is 0 Å². The molecule has 9 nitrogen and oxygen atoms in total. The molecule has 1 saturated heterocycles. The van der Waals surface area contributed by atoms with Gasteiger partial charge in [0.25, 0.3) is 17.7 Å². The van der Waals surface area contributed by atoms with Crippen LogP contribution in [0.5, 0.6) is 0 Å². The van der Waals surface area contributed by atoms with Crippen molar-refractivity contribution in [2.75, 3.05) is 11.4 Å². The van der Waals surface area contributed by atoms with Gasteiger partial charge in [-0.25, -0.2) is 14.3 Å². The van der Waals surface area contributed by atoms with Crippen molar-refractivity contribution in [1.82, 2.24) is 10.0 Å². The molecule has 3 atom stereocenters. The number of benzene rings is 3. The van der Waals surface area contributed by atoms with Crippen LogP contribution in [-0.4, -0.2) is 52.1 Å². The van der Waals surface area contributed by atoms with Gasteiger partial charge in [0.2, 0.25) is 0 Å². The summed E-state index contributed by atoms with van der Waals surface area (Å²) in [5, 5.41) is 15.2. The number of hydrogen-bond donors (Lipinski definition) is 0. The van der Waals surface area contributed by atoms with E-state index in [0.717, 1.165) is 27.8 Å². The van der Waals surface area contributed by atoms with Crippen molar-refractivity contribution in [2.24, 2.45) is 15.4 Å². The molecule has 3 aliphatic rings. The maximum absolute atomic E-state index is 13.8. The summed E-state index contributed by atoms with van der Waals surface area (Å²) in [4.78, 5) is 40.6. The summed E-state index contributed by atoms with van der Waals surface area (Å²) in [6.07, 6.45) is 0.526. The van der Waals surface area contributed by atoms with Crippen LogP contribution < -0.4 is 4.90 Å². The molecule has 10 heteroatoms. The van der Waals surface area contributed by atoms with Crippen molar-refractivity contribution in [3.8, 4) is 0 Å². The number of amides is 3. The fraction of sp³-hybridized carbons (Fsp3) is 0.185. The quantitative estimate of drug-likeness (QED) is 0.505. The zero-order valence-corrected chi connectivity index (χ0v) is 19.5. The van der Waals surface area contributed by atoms with Crippen LogP contribution in [0.1, 0.15) is 23.6 Å². The summed E-state index contributed by atoms with van der Waals surface area (Å²) >= 11 is 0. The predicted molar refractivity (Wildman–Crippen MR) is 132 cm³/mol. The topological polar surface area (TPSA) is 98.0 Å². The van der Waals surface area contributed by atoms with Gasteiger partial charge < -0.3 is 0 Å². The second kappa shape index (κ2) is 9.05. The molecule has 0 spiro atoms. The van der Waals surface area contributed by atoms with Crippen molar-refractivity contribution in [2.45, 2.75) is 24.5 Å². The molecule has 0 saturated carbocycles. The van der Waals surface area contributed by atoms with Gasteiger partial charge in [0, 0.05) is 6.42 Å². The molecule has 0 aromatic heterocycles. The number of halogens is 1. The molecule has 0 radical (unpaired) electrons. The van der Waals surface area contributed by atoms with Gasteiger partial charge >= 0.3 is 0 Å². The van der Waals surface area contributed by atoms with E-state index in [1.807, 2.05) is 60.7 Å². The molecular weight excluding hydrogens is 475 g/mol. The van der Waals surface area contributed by atoms with E-state index in [0.29, 0.717) is 6.42 Å². The standard InChI is InChI=1S/C27H21FN6O3/c28-19-12-7-13-20(14-19)33-26(36)24-25(27(33)37)32(31-29-24)16-23(35)34-22(18-10-5-2-6-11-18)15-21(30-34)17-8-3-1-4-9-17/h1-14,22,24-25H,15-16H2. The third-order valence-corrected chi connectivity index (χ3v) is 6.68. The average Bonchev–Trinajstić information content (AvgIpc) is 3.61. The molecule has 6 rings (SSSR count). The van der Waals surface area contributed by atoms with E-state index in [1.54, 1.807) is 0 Å². The molecule has 0 N–H and O–H groups in total. The van der Waals surface area contributed by atoms with Crippen molar-refractivity contribution >= 4 is 29.1 Å². The minimum atomic E-state index is -1.09. The molecular formula is C27H21FN6O3. The highest BCUT2D eigenvalue weighted by molar-refractivity contribution is 6.25. The third-order valence-electron chi connectivity index (χ3n) is 6.68. The second-order valence-electron chi connectivity index (χ2n) is 8.97. The molecule has 0 aliphatic carbocycles. The number of anilines is 1. The lowest BCUT2D eigenvalue weighted by Crippen LogP contribution is -2.44. The van der Waals surface area contributed by atoms with E-state index in [1.165, 1.54) is 28.2 Å². The van der Waals surface area contributed by atoms with E-state index in [9.17, 15) is 18.8 Å². The second-order valence-corrected chi connectivity index (χ2v) is 8.97. The summed E-state index contributed by atoms with van der Waals surface area (Å²) in [5.74, 6) is -2.17. The minimum absolute atomic E-state index is 0.117. The van der Waals surface area contributed by atoms with Gasteiger partial charge in [-0.15, -0.1) is 0 Å². The maximum Gasteiger partial charge on any atom is 0.264 e. The number of fused-ring (bicyclic) bond motifs is 1. The fourth-order valence-electron chi connectivity index (χ4n) is 4.91. The van der Waals surface area contributed by atoms with Gasteiger partial charge in [-0.05, 0) is 29.3 Å². The first-order valence-electron chi connectivity index (χ1n) is 11.8. The molecule has 3 aromatic rings. The number of hydrogen-bond acceptors (Lipinski definition) is 7. The molecule has 3 amide bonds. The van der Waals surface area contributed by atoms with E-state index in [-0.39, 0.29) is 24.2 Å². The van der Waals surface area contributed by atoms with Gasteiger partial charge in [0.1, 0.15) is 12.4 Å². The Bertz CT molecular complexity index is 1440. The zero-order chi connectivity index (χ0) is 25.5. The molecule has 1 fully saturated rings. The summed E-state index contributed by atoms with van der Waals surface area (Å²) in [6.45, 7) is -0.296. The Morgan fingerprint density at radius 3 is 2.38 bits per heavy atom. The van der Waals surface area contributed by atoms with E-state index in [4.69, 9.17) is 0 Å². The highest BCUT2D eigenvalue weighted by Gasteiger charge is 2.55. The minimum Gasteiger partial charge on any atom is -0.271 e. The summed E-state index contributed by atoms with van der Waals surface area (Å²) in [7, 11) is 0. The number of carbonyl (C=O) groups is 3. The van der Waals surface area contributed by atoms with Crippen LogP contribution >= 0.6 is 0 Å². The Morgan fingerprint density at radius 1 is 0.919 bits per heavy atom. The predicted octanol–water partition coefficient (Wildman–Crippen LogP) is 3.50. The lowest BCUT2D eigenvalue weighted by Gasteiger charge is -2.25. The smallest absolute Gasteiger partial charge is 0.264 e. The van der Waals surface area contributed by atoms with Crippen LogP contribution in [-0.2, 0) is 14.4 Å². The molecule has 3 unspecified atom stereocenters. The summed E-state index contributed by atoms with van der Waals surface area (Å²) in [6, 6.07) is 22.0. The Balaban J connectivity index is 1.26. The van der Waals surface area contributed by atoms with Crippen LogP contribution in [0.25, 0.3) is 0 Å². The van der Waals surface area contributed by atoms with Gasteiger partial charge in [0.15, 0.2) is 12.1 Å². The van der Waals surface area contributed by atoms with Gasteiger partial charge in [0.05, 0.1) is 17.4 Å². The van der Waals surface area contributed by atoms with Crippen LogP contribution in [0, 0.1) is 5.82 Å². The fourth-order valence-corrected chi connectivity index (χ4v) is 4.91. The number of rotatable bonds is 5. The van der Waals surface area contributed by atoms with Crippen molar-refractivity contribution < 1.29 is 18.8 Å². The van der Waals surface area contributed by atoms with E-state index >= 15 is 0 Å². The number of nitrogens with zero attached hydrogens (tertiary/aromatic N) is 6. The van der Waals surface area contributed by atoms with Gasteiger partial charge in [-0.1, -0.05) is 72.0 Å². The number of carbonyl (C=O) groups excluding carboxylic acids is 3. The van der Waals surface area contributed by atoms with E-state index in [2.05, 4.69) is 15.4 Å². The van der Waals surface area contributed by atoms with Crippen molar-refractivity contribution in [1.29, 1.82) is 0 Å². The Morgan fingerprint density at radius 2 is 1.65 bits per heavy atom. The van der Waals surface area contributed by atoms with Crippen LogP contribution in [0.4, 0.5) is 10.1 Å². The van der Waals surface area contributed by atoms with Crippen LogP contribution in [0.3, 0.4) is 0 Å². The van der Waals surface area contributed by atoms with Crippen molar-refractivity contribution in [3.63, 3.8) is 0 Å². The van der Waals surface area contributed by atoms with Gasteiger partial charge in [-0.2, -0.15) is 10.2 Å². The highest BCUT2D eigenvalue weighted by atomic mass is 19.1. The third kappa shape index (κ3) is 3.96. The largest absolute Gasteiger partial charge is 0.271 e. The van der Waals surface area contributed by atoms with Crippen LogP contribution in [0.15, 0.2) is 100 Å². The molecule has 0 bridgehead atoms. The first-order valence-corrected chi connectivity index (χ1v) is 11.8. The molecule has 184 valence electrons. The highest BCUT2D eigenvalue weighted by Crippen LogP contribution is 2.35. The molecule has 3 aromatic carbocycles. The zero-order valence-electron chi connectivity index (χ0n) is 19.5. The Hall–Kier alpha value is -4.73. The molecule has 37 heavy (non-hydrogen) atoms. The molecule has 3 aliphatic heterocycles. The van der Waals surface area contributed by atoms with Gasteiger partial charge in [-0.3, -0.25) is 19.4 Å². The monoisotopic (exact) mass is 496 g/mol. The number of hydrazone groups is 1. The average molecular weight is 497 g/mol. The SMILES string of the molecule is O=C1C2N=NN(CC(=O)N3N=C(c4ccccc4)CC3c3ccccc3)C2C(=O)N1c1cccc(F)c1. The lowest BCUT2D eigenvalue weighted by molar-refractivity contribution is -0.135. The van der Waals surface area contributed by atoms with Crippen molar-refractivity contribution in [3.05, 3.63) is 102 Å². The summed E-state index contributed by atoms with van der Waals surface area (Å²) in [5.41, 5.74) is 2.73. The maximum atomic E-state index is 13.8.